The highest BCUT2D eigenvalue weighted by atomic mass is 35.6. The van der Waals surface area contributed by atoms with E-state index in [9.17, 15) is 0 Å². The van der Waals surface area contributed by atoms with Crippen molar-refractivity contribution in [2.75, 3.05) is 0 Å². The lowest BCUT2D eigenvalue weighted by molar-refractivity contribution is 1.32. The third-order valence-corrected chi connectivity index (χ3v) is 3.80. The number of alkyl halides is 3. The van der Waals surface area contributed by atoms with Crippen LogP contribution in [0.15, 0.2) is 17.1 Å². The van der Waals surface area contributed by atoms with Crippen molar-refractivity contribution < 1.29 is 0 Å². The van der Waals surface area contributed by atoms with Gasteiger partial charge in [0.1, 0.15) is 0 Å². The number of aromatic nitrogens is 1. The van der Waals surface area contributed by atoms with Crippen molar-refractivity contribution in [2.24, 2.45) is 10.7 Å². The van der Waals surface area contributed by atoms with Crippen LogP contribution in [-0.4, -0.2) is 14.6 Å². The highest BCUT2D eigenvalue weighted by Gasteiger charge is 2.25. The molecule has 0 fully saturated rings. The Morgan fingerprint density at radius 3 is 2.61 bits per heavy atom. The normalized spacial score (nSPS) is 13.3. The average molecular weight is 323 g/mol. The topological polar surface area (TPSA) is 51.3 Å². The molecule has 2 aromatic rings. The number of rotatable bonds is 1. The van der Waals surface area contributed by atoms with Gasteiger partial charge in [-0.2, -0.15) is 0 Å². The molecule has 0 spiro atoms. The quantitative estimate of drug-likeness (QED) is 0.484. The van der Waals surface area contributed by atoms with E-state index in [2.05, 4.69) is 16.0 Å². The molecule has 2 rings (SSSR count). The molecule has 96 valence electrons. The molecule has 0 amide bonds. The summed E-state index contributed by atoms with van der Waals surface area (Å²) in [5, 5.41) is 0.488. The fraction of sp³-hybridized carbons (Fsp3) is 0.273. The Balaban J connectivity index is 2.52. The summed E-state index contributed by atoms with van der Waals surface area (Å²) in [6, 6.07) is 4.11. The van der Waals surface area contributed by atoms with Crippen LogP contribution in [0.1, 0.15) is 11.1 Å². The summed E-state index contributed by atoms with van der Waals surface area (Å²) in [7, 11) is 0. The first-order valence-electron chi connectivity index (χ1n) is 5.06. The first kappa shape index (κ1) is 13.9. The van der Waals surface area contributed by atoms with Crippen LogP contribution in [-0.2, 0) is 0 Å². The van der Waals surface area contributed by atoms with E-state index in [0.29, 0.717) is 5.13 Å². The molecule has 0 saturated carbocycles. The van der Waals surface area contributed by atoms with Crippen molar-refractivity contribution in [3.63, 3.8) is 0 Å². The average Bonchev–Trinajstić information content (AvgIpc) is 2.58. The molecular weight excluding hydrogens is 313 g/mol. The van der Waals surface area contributed by atoms with Crippen LogP contribution in [0.2, 0.25) is 0 Å². The molecule has 18 heavy (non-hydrogen) atoms. The predicted octanol–water partition coefficient (Wildman–Crippen LogP) is 4.27. The van der Waals surface area contributed by atoms with Gasteiger partial charge in [-0.1, -0.05) is 52.2 Å². The SMILES string of the molecule is Cc1cc(C)c2nc(N=C(N)C(Cl)(Cl)Cl)sc2c1. The van der Waals surface area contributed by atoms with E-state index in [-0.39, 0.29) is 5.84 Å². The Hall–Kier alpha value is -0.550. The summed E-state index contributed by atoms with van der Waals surface area (Å²) < 4.78 is -0.661. The maximum atomic E-state index is 5.64. The Labute approximate surface area is 124 Å². The molecular formula is C11H10Cl3N3S. The maximum Gasteiger partial charge on any atom is 0.247 e. The van der Waals surface area contributed by atoms with Gasteiger partial charge in [0.25, 0.3) is 0 Å². The molecule has 1 aromatic heterocycles. The van der Waals surface area contributed by atoms with Gasteiger partial charge in [0.15, 0.2) is 5.84 Å². The second-order valence-corrected chi connectivity index (χ2v) is 7.21. The first-order chi connectivity index (χ1) is 8.27. The van der Waals surface area contributed by atoms with E-state index < -0.39 is 3.79 Å². The van der Waals surface area contributed by atoms with Crippen LogP contribution in [0, 0.1) is 13.8 Å². The molecule has 0 aliphatic rings. The summed E-state index contributed by atoms with van der Waals surface area (Å²) >= 11 is 18.3. The molecule has 1 heterocycles. The van der Waals surface area contributed by atoms with Gasteiger partial charge >= 0.3 is 0 Å². The molecule has 0 aliphatic carbocycles. The number of aryl methyl sites for hydroxylation is 2. The van der Waals surface area contributed by atoms with Crippen LogP contribution in [0.5, 0.6) is 0 Å². The van der Waals surface area contributed by atoms with Gasteiger partial charge in [-0.05, 0) is 31.0 Å². The Morgan fingerprint density at radius 1 is 1.33 bits per heavy atom. The fourth-order valence-corrected chi connectivity index (χ4v) is 2.73. The van der Waals surface area contributed by atoms with Gasteiger partial charge in [-0.25, -0.2) is 9.98 Å². The zero-order chi connectivity index (χ0) is 13.5. The van der Waals surface area contributed by atoms with Crippen LogP contribution < -0.4 is 5.73 Å². The zero-order valence-corrected chi connectivity index (χ0v) is 12.8. The van der Waals surface area contributed by atoms with Gasteiger partial charge in [0.2, 0.25) is 8.92 Å². The third-order valence-electron chi connectivity index (χ3n) is 2.33. The van der Waals surface area contributed by atoms with E-state index in [1.165, 1.54) is 16.9 Å². The number of nitrogens with zero attached hydrogens (tertiary/aromatic N) is 2. The van der Waals surface area contributed by atoms with E-state index >= 15 is 0 Å². The summed E-state index contributed by atoms with van der Waals surface area (Å²) in [6.07, 6.45) is 0. The van der Waals surface area contributed by atoms with Crippen molar-refractivity contribution in [2.45, 2.75) is 17.6 Å². The minimum Gasteiger partial charge on any atom is -0.383 e. The minimum atomic E-state index is -1.71. The minimum absolute atomic E-state index is 0.0825. The van der Waals surface area contributed by atoms with Crippen molar-refractivity contribution >= 4 is 67.3 Å². The second kappa shape index (κ2) is 4.85. The number of thiazole rings is 1. The molecule has 0 atom stereocenters. The summed E-state index contributed by atoms with van der Waals surface area (Å²) in [6.45, 7) is 4.03. The maximum absolute atomic E-state index is 5.64. The smallest absolute Gasteiger partial charge is 0.247 e. The number of fused-ring (bicyclic) bond motifs is 1. The molecule has 1 aromatic carbocycles. The lowest BCUT2D eigenvalue weighted by atomic mass is 10.1. The molecule has 0 unspecified atom stereocenters. The summed E-state index contributed by atoms with van der Waals surface area (Å²) in [4.78, 5) is 8.43. The number of hydrogen-bond donors (Lipinski definition) is 1. The molecule has 0 saturated heterocycles. The van der Waals surface area contributed by atoms with Crippen molar-refractivity contribution in [1.29, 1.82) is 0 Å². The highest BCUT2D eigenvalue weighted by molar-refractivity contribution is 7.22. The zero-order valence-electron chi connectivity index (χ0n) is 9.67. The summed E-state index contributed by atoms with van der Waals surface area (Å²) in [5.74, 6) is -0.0825. The van der Waals surface area contributed by atoms with E-state index in [1.807, 2.05) is 19.9 Å². The largest absolute Gasteiger partial charge is 0.383 e. The molecule has 0 aliphatic heterocycles. The lowest BCUT2D eigenvalue weighted by Crippen LogP contribution is -2.27. The van der Waals surface area contributed by atoms with Crippen LogP contribution in [0.3, 0.4) is 0 Å². The van der Waals surface area contributed by atoms with Crippen LogP contribution >= 0.6 is 46.1 Å². The van der Waals surface area contributed by atoms with Crippen molar-refractivity contribution in [1.82, 2.24) is 4.98 Å². The Kier molecular flexibility index (Phi) is 3.74. The summed E-state index contributed by atoms with van der Waals surface area (Å²) in [5.41, 5.74) is 8.76. The number of halogens is 3. The predicted molar refractivity (Wildman–Crippen MR) is 80.7 cm³/mol. The highest BCUT2D eigenvalue weighted by Crippen LogP contribution is 2.33. The van der Waals surface area contributed by atoms with Crippen molar-refractivity contribution in [3.05, 3.63) is 23.3 Å². The lowest BCUT2D eigenvalue weighted by Gasteiger charge is -2.07. The molecule has 0 bridgehead atoms. The van der Waals surface area contributed by atoms with Gasteiger partial charge in [0.05, 0.1) is 10.2 Å². The number of benzene rings is 1. The Morgan fingerprint density at radius 2 is 2.00 bits per heavy atom. The van der Waals surface area contributed by atoms with Crippen molar-refractivity contribution in [3.8, 4) is 0 Å². The van der Waals surface area contributed by atoms with E-state index in [0.717, 1.165) is 15.8 Å². The molecule has 3 nitrogen and oxygen atoms in total. The van der Waals surface area contributed by atoms with Gasteiger partial charge in [-0.15, -0.1) is 0 Å². The molecule has 7 heteroatoms. The number of hydrogen-bond acceptors (Lipinski definition) is 3. The van der Waals surface area contributed by atoms with E-state index in [1.54, 1.807) is 0 Å². The number of aliphatic imine (C=N–C) groups is 1. The van der Waals surface area contributed by atoms with Gasteiger partial charge < -0.3 is 5.73 Å². The van der Waals surface area contributed by atoms with Gasteiger partial charge in [0, 0.05) is 0 Å². The van der Waals surface area contributed by atoms with Crippen LogP contribution in [0.25, 0.3) is 10.2 Å². The molecule has 0 radical (unpaired) electrons. The van der Waals surface area contributed by atoms with Crippen LogP contribution in [0.4, 0.5) is 5.13 Å². The second-order valence-electron chi connectivity index (χ2n) is 3.92. The number of amidine groups is 1. The molecule has 2 N–H and O–H groups in total. The fourth-order valence-electron chi connectivity index (χ4n) is 1.57. The Bertz CT molecular complexity index is 628. The van der Waals surface area contributed by atoms with Gasteiger partial charge in [-0.3, -0.25) is 0 Å². The monoisotopic (exact) mass is 321 g/mol. The van der Waals surface area contributed by atoms with E-state index in [4.69, 9.17) is 40.5 Å². The third kappa shape index (κ3) is 2.88. The standard InChI is InChI=1S/C11H10Cl3N3S/c1-5-3-6(2)8-7(4-5)18-10(16-8)17-9(15)11(12,13)14/h3-4H,1-2H3,(H2,15,16,17). The number of nitrogens with two attached hydrogens (primary N) is 1. The first-order valence-corrected chi connectivity index (χ1v) is 7.01.